The van der Waals surface area contributed by atoms with Crippen LogP contribution in [-0.2, 0) is 10.2 Å². The summed E-state index contributed by atoms with van der Waals surface area (Å²) in [5.74, 6) is 0.0205. The summed E-state index contributed by atoms with van der Waals surface area (Å²) in [4.78, 5) is 19.1. The number of carboxylic acid groups (broad SMARTS) is 1. The zero-order valence-electron chi connectivity index (χ0n) is 10.6. The van der Waals surface area contributed by atoms with Gasteiger partial charge in [-0.2, -0.15) is 0 Å². The first-order chi connectivity index (χ1) is 9.24. The molecule has 0 saturated heterocycles. The van der Waals surface area contributed by atoms with Gasteiger partial charge in [-0.05, 0) is 18.4 Å². The van der Waals surface area contributed by atoms with Crippen molar-refractivity contribution in [1.82, 2.24) is 9.97 Å². The van der Waals surface area contributed by atoms with Crippen molar-refractivity contribution in [2.24, 2.45) is 0 Å². The molecule has 19 heavy (non-hydrogen) atoms. The maximum absolute atomic E-state index is 11.8. The molecule has 3 rings (SSSR count). The summed E-state index contributed by atoms with van der Waals surface area (Å²) in [7, 11) is 0. The summed E-state index contributed by atoms with van der Waals surface area (Å²) >= 11 is 0. The van der Waals surface area contributed by atoms with Crippen LogP contribution in [0.4, 0.5) is 0 Å². The van der Waals surface area contributed by atoms with Crippen LogP contribution in [0.15, 0.2) is 36.7 Å². The van der Waals surface area contributed by atoms with Crippen molar-refractivity contribution < 1.29 is 9.90 Å². The minimum Gasteiger partial charge on any atom is -0.481 e. The Kier molecular flexibility index (Phi) is 2.85. The maximum atomic E-state index is 11.8. The Morgan fingerprint density at radius 1 is 1.26 bits per heavy atom. The molecule has 0 spiro atoms. The van der Waals surface area contributed by atoms with Gasteiger partial charge in [0, 0.05) is 18.0 Å². The molecule has 0 radical (unpaired) electrons. The van der Waals surface area contributed by atoms with Gasteiger partial charge in [-0.3, -0.25) is 4.79 Å². The van der Waals surface area contributed by atoms with Gasteiger partial charge in [0.1, 0.15) is 5.82 Å². The lowest BCUT2D eigenvalue weighted by Gasteiger charge is -2.26. The normalized spacial score (nSPS) is 17.5. The number of aromatic nitrogens is 2. The average Bonchev–Trinajstić information content (AvgIpc) is 3.11. The summed E-state index contributed by atoms with van der Waals surface area (Å²) in [6.45, 7) is 0. The Hall–Kier alpha value is -2.10. The second kappa shape index (κ2) is 4.53. The topological polar surface area (TPSA) is 66.0 Å². The van der Waals surface area contributed by atoms with Gasteiger partial charge in [-0.1, -0.05) is 37.1 Å². The molecular formula is C15H16N2O2. The van der Waals surface area contributed by atoms with Crippen LogP contribution >= 0.6 is 0 Å². The van der Waals surface area contributed by atoms with Crippen molar-refractivity contribution in [2.75, 3.05) is 0 Å². The number of carboxylic acids is 1. The standard InChI is InChI=1S/C15H16N2O2/c18-14(19)15(7-3-4-8-15)12-6-2-1-5-11(12)13-16-9-10-17-13/h1-2,5-6,9-10H,3-4,7-8H2,(H,16,17)(H,18,19). The quantitative estimate of drug-likeness (QED) is 0.887. The van der Waals surface area contributed by atoms with Crippen LogP contribution in [0.5, 0.6) is 0 Å². The lowest BCUT2D eigenvalue weighted by molar-refractivity contribution is -0.143. The Labute approximate surface area is 111 Å². The van der Waals surface area contributed by atoms with Gasteiger partial charge in [0.05, 0.1) is 5.41 Å². The number of rotatable bonds is 3. The SMILES string of the molecule is O=C(O)C1(c2ccccc2-c2ncc[nH]2)CCCC1. The summed E-state index contributed by atoms with van der Waals surface area (Å²) < 4.78 is 0. The molecule has 0 aliphatic heterocycles. The molecule has 4 heteroatoms. The lowest BCUT2D eigenvalue weighted by atomic mass is 9.76. The molecule has 2 aromatic rings. The molecule has 0 atom stereocenters. The van der Waals surface area contributed by atoms with E-state index in [1.165, 1.54) is 0 Å². The number of H-pyrrole nitrogens is 1. The highest BCUT2D eigenvalue weighted by Crippen LogP contribution is 2.44. The minimum absolute atomic E-state index is 0.708. The number of benzene rings is 1. The second-order valence-electron chi connectivity index (χ2n) is 5.08. The highest BCUT2D eigenvalue weighted by atomic mass is 16.4. The fourth-order valence-corrected chi connectivity index (χ4v) is 3.10. The Morgan fingerprint density at radius 3 is 2.63 bits per heavy atom. The van der Waals surface area contributed by atoms with E-state index in [-0.39, 0.29) is 0 Å². The van der Waals surface area contributed by atoms with E-state index in [9.17, 15) is 9.90 Å². The van der Waals surface area contributed by atoms with Crippen molar-refractivity contribution in [2.45, 2.75) is 31.1 Å². The molecule has 98 valence electrons. The summed E-state index contributed by atoms with van der Waals surface area (Å²) in [5, 5.41) is 9.71. The molecule has 1 heterocycles. The number of carbonyl (C=O) groups is 1. The van der Waals surface area contributed by atoms with E-state index in [4.69, 9.17) is 0 Å². The van der Waals surface area contributed by atoms with E-state index in [1.54, 1.807) is 12.4 Å². The monoisotopic (exact) mass is 256 g/mol. The Balaban J connectivity index is 2.17. The third kappa shape index (κ3) is 1.84. The molecule has 1 aromatic heterocycles. The highest BCUT2D eigenvalue weighted by molar-refractivity contribution is 5.85. The first-order valence-corrected chi connectivity index (χ1v) is 6.57. The van der Waals surface area contributed by atoms with Crippen LogP contribution in [0.1, 0.15) is 31.2 Å². The fraction of sp³-hybridized carbons (Fsp3) is 0.333. The third-order valence-corrected chi connectivity index (χ3v) is 4.06. The number of imidazole rings is 1. The number of nitrogens with zero attached hydrogens (tertiary/aromatic N) is 1. The van der Waals surface area contributed by atoms with Crippen LogP contribution in [0.25, 0.3) is 11.4 Å². The van der Waals surface area contributed by atoms with E-state index in [1.807, 2.05) is 24.3 Å². The van der Waals surface area contributed by atoms with Crippen LogP contribution in [0.3, 0.4) is 0 Å². The van der Waals surface area contributed by atoms with Gasteiger partial charge in [-0.25, -0.2) is 4.98 Å². The van der Waals surface area contributed by atoms with Crippen LogP contribution in [-0.4, -0.2) is 21.0 Å². The predicted octanol–water partition coefficient (Wildman–Crippen LogP) is 2.97. The molecule has 0 amide bonds. The van der Waals surface area contributed by atoms with Crippen molar-refractivity contribution >= 4 is 5.97 Å². The van der Waals surface area contributed by atoms with Gasteiger partial charge in [0.2, 0.25) is 0 Å². The number of aliphatic carboxylic acids is 1. The molecule has 1 aliphatic carbocycles. The van der Waals surface area contributed by atoms with Crippen molar-refractivity contribution in [1.29, 1.82) is 0 Å². The van der Waals surface area contributed by atoms with E-state index >= 15 is 0 Å². The van der Waals surface area contributed by atoms with Gasteiger partial charge in [0.15, 0.2) is 0 Å². The van der Waals surface area contributed by atoms with Crippen molar-refractivity contribution in [3.05, 3.63) is 42.2 Å². The number of hydrogen-bond acceptors (Lipinski definition) is 2. The van der Waals surface area contributed by atoms with E-state index in [0.29, 0.717) is 12.8 Å². The Bertz CT molecular complexity index is 584. The van der Waals surface area contributed by atoms with Crippen LogP contribution < -0.4 is 0 Å². The molecule has 1 fully saturated rings. The van der Waals surface area contributed by atoms with Gasteiger partial charge in [0.25, 0.3) is 0 Å². The number of hydrogen-bond donors (Lipinski definition) is 2. The number of nitrogens with one attached hydrogen (secondary N) is 1. The molecule has 0 bridgehead atoms. The molecule has 4 nitrogen and oxygen atoms in total. The average molecular weight is 256 g/mol. The summed E-state index contributed by atoms with van der Waals surface area (Å²) in [6.07, 6.45) is 6.81. The highest BCUT2D eigenvalue weighted by Gasteiger charge is 2.44. The lowest BCUT2D eigenvalue weighted by Crippen LogP contribution is -2.33. The molecule has 0 unspecified atom stereocenters. The van der Waals surface area contributed by atoms with E-state index in [2.05, 4.69) is 9.97 Å². The molecule has 1 aromatic carbocycles. The summed E-state index contributed by atoms with van der Waals surface area (Å²) in [6, 6.07) is 7.70. The fourth-order valence-electron chi connectivity index (χ4n) is 3.10. The number of aromatic amines is 1. The zero-order valence-corrected chi connectivity index (χ0v) is 10.6. The van der Waals surface area contributed by atoms with E-state index in [0.717, 1.165) is 29.8 Å². The molecular weight excluding hydrogens is 240 g/mol. The Morgan fingerprint density at radius 2 is 2.00 bits per heavy atom. The van der Waals surface area contributed by atoms with Crippen molar-refractivity contribution in [3.8, 4) is 11.4 Å². The second-order valence-corrected chi connectivity index (χ2v) is 5.08. The molecule has 1 saturated carbocycles. The van der Waals surface area contributed by atoms with Crippen LogP contribution in [0, 0.1) is 0 Å². The smallest absolute Gasteiger partial charge is 0.314 e. The van der Waals surface area contributed by atoms with Crippen LogP contribution in [0.2, 0.25) is 0 Å². The largest absolute Gasteiger partial charge is 0.481 e. The first-order valence-electron chi connectivity index (χ1n) is 6.57. The molecule has 1 aliphatic rings. The first kappa shape index (κ1) is 12.0. The zero-order chi connectivity index (χ0) is 13.3. The predicted molar refractivity (Wildman–Crippen MR) is 71.8 cm³/mol. The van der Waals surface area contributed by atoms with Gasteiger partial charge in [-0.15, -0.1) is 0 Å². The van der Waals surface area contributed by atoms with Crippen molar-refractivity contribution in [3.63, 3.8) is 0 Å². The maximum Gasteiger partial charge on any atom is 0.314 e. The summed E-state index contributed by atoms with van der Waals surface area (Å²) in [5.41, 5.74) is 1.04. The van der Waals surface area contributed by atoms with Gasteiger partial charge >= 0.3 is 5.97 Å². The third-order valence-electron chi connectivity index (χ3n) is 4.06. The minimum atomic E-state index is -0.747. The van der Waals surface area contributed by atoms with Gasteiger partial charge < -0.3 is 10.1 Å². The molecule has 2 N–H and O–H groups in total. The van der Waals surface area contributed by atoms with E-state index < -0.39 is 11.4 Å².